The molecule has 18 heavy (non-hydrogen) atoms. The highest BCUT2D eigenvalue weighted by Gasteiger charge is 2.07. The Hall–Kier alpha value is -1.78. The zero-order valence-corrected chi connectivity index (χ0v) is 11.5. The highest BCUT2D eigenvalue weighted by Crippen LogP contribution is 2.11. The molecule has 0 aromatic carbocycles. The Balaban J connectivity index is 2.07. The first-order chi connectivity index (χ1) is 8.56. The van der Waals surface area contributed by atoms with E-state index in [1.807, 2.05) is 24.9 Å². The average Bonchev–Trinajstić information content (AvgIpc) is 2.82. The molecule has 0 amide bonds. The molecule has 2 rings (SSSR count). The molecule has 0 saturated heterocycles. The maximum atomic E-state index is 4.50. The van der Waals surface area contributed by atoms with Gasteiger partial charge in [0.25, 0.3) is 0 Å². The van der Waals surface area contributed by atoms with Gasteiger partial charge in [-0.1, -0.05) is 0 Å². The van der Waals surface area contributed by atoms with Crippen molar-refractivity contribution in [2.45, 2.75) is 39.8 Å². The van der Waals surface area contributed by atoms with Gasteiger partial charge in [-0.2, -0.15) is 5.10 Å². The third kappa shape index (κ3) is 2.91. The Morgan fingerprint density at radius 3 is 2.78 bits per heavy atom. The minimum Gasteiger partial charge on any atom is -0.353 e. The number of anilines is 1. The Kier molecular flexibility index (Phi) is 3.69. The lowest BCUT2D eigenvalue weighted by Crippen LogP contribution is -2.15. The minimum atomic E-state index is 0.391. The van der Waals surface area contributed by atoms with Gasteiger partial charge in [0.05, 0.1) is 5.69 Å². The number of nitrogens with zero attached hydrogens (tertiary/aromatic N) is 4. The monoisotopic (exact) mass is 247 g/mol. The van der Waals surface area contributed by atoms with Crippen molar-refractivity contribution in [2.75, 3.05) is 5.32 Å². The first-order valence-electron chi connectivity index (χ1n) is 6.33. The largest absolute Gasteiger partial charge is 0.353 e. The fourth-order valence-electron chi connectivity index (χ4n) is 1.97. The van der Waals surface area contributed by atoms with Crippen molar-refractivity contribution in [1.29, 1.82) is 0 Å². The van der Waals surface area contributed by atoms with Crippen LogP contribution in [0.1, 0.15) is 25.2 Å². The summed E-state index contributed by atoms with van der Waals surface area (Å²) in [7, 11) is 1.97. The fourth-order valence-corrected chi connectivity index (χ4v) is 1.97. The molecule has 0 fully saturated rings. The molecule has 98 valence electrons. The van der Waals surface area contributed by atoms with Crippen LogP contribution < -0.4 is 5.32 Å². The summed E-state index contributed by atoms with van der Waals surface area (Å²) in [6.07, 6.45) is 4.88. The summed E-state index contributed by atoms with van der Waals surface area (Å²) >= 11 is 0. The molecule has 5 nitrogen and oxygen atoms in total. The number of hydrogen-bond acceptors (Lipinski definition) is 3. The van der Waals surface area contributed by atoms with E-state index in [0.717, 1.165) is 24.6 Å². The van der Waals surface area contributed by atoms with Crippen LogP contribution in [-0.4, -0.2) is 25.4 Å². The van der Waals surface area contributed by atoms with E-state index in [2.05, 4.69) is 46.1 Å². The molecule has 0 atom stereocenters. The van der Waals surface area contributed by atoms with Crippen molar-refractivity contribution < 1.29 is 0 Å². The molecule has 0 aliphatic heterocycles. The molecular weight excluding hydrogens is 226 g/mol. The van der Waals surface area contributed by atoms with Crippen LogP contribution >= 0.6 is 0 Å². The molecule has 0 unspecified atom stereocenters. The number of imidazole rings is 1. The summed E-state index contributed by atoms with van der Waals surface area (Å²) in [4.78, 5) is 4.50. The molecular formula is C13H21N5. The predicted molar refractivity (Wildman–Crippen MR) is 72.6 cm³/mol. The van der Waals surface area contributed by atoms with Gasteiger partial charge in [0, 0.05) is 44.1 Å². The maximum absolute atomic E-state index is 4.50. The second kappa shape index (κ2) is 5.25. The molecule has 2 heterocycles. The zero-order chi connectivity index (χ0) is 13.1. The summed E-state index contributed by atoms with van der Waals surface area (Å²) in [5, 5.41) is 7.55. The molecule has 2 aromatic heterocycles. The lowest BCUT2D eigenvalue weighted by atomic mass is 10.3. The Bertz CT molecular complexity index is 509. The van der Waals surface area contributed by atoms with Crippen molar-refractivity contribution in [3.8, 4) is 0 Å². The molecule has 0 saturated carbocycles. The van der Waals surface area contributed by atoms with Crippen LogP contribution in [0.4, 0.5) is 5.95 Å². The Labute approximate surface area is 108 Å². The van der Waals surface area contributed by atoms with E-state index in [4.69, 9.17) is 0 Å². The Morgan fingerprint density at radius 2 is 2.17 bits per heavy atom. The van der Waals surface area contributed by atoms with Crippen LogP contribution in [0.15, 0.2) is 18.5 Å². The topological polar surface area (TPSA) is 47.7 Å². The van der Waals surface area contributed by atoms with Gasteiger partial charge in [0.15, 0.2) is 0 Å². The van der Waals surface area contributed by atoms with Gasteiger partial charge in [-0.25, -0.2) is 4.98 Å². The fraction of sp³-hybridized carbons (Fsp3) is 0.538. The summed E-state index contributed by atoms with van der Waals surface area (Å²) in [5.41, 5.74) is 2.28. The second-order valence-electron chi connectivity index (χ2n) is 4.89. The molecule has 0 bridgehead atoms. The lowest BCUT2D eigenvalue weighted by Gasteiger charge is -2.12. The zero-order valence-electron chi connectivity index (χ0n) is 11.5. The smallest absolute Gasteiger partial charge is 0.203 e. The summed E-state index contributed by atoms with van der Waals surface area (Å²) in [6, 6.07) is 2.45. The number of nitrogens with one attached hydrogen (secondary N) is 1. The normalized spacial score (nSPS) is 11.2. The van der Waals surface area contributed by atoms with Gasteiger partial charge < -0.3 is 9.88 Å². The van der Waals surface area contributed by atoms with Crippen molar-refractivity contribution >= 4 is 5.95 Å². The maximum Gasteiger partial charge on any atom is 0.203 e. The molecule has 0 spiro atoms. The predicted octanol–water partition coefficient (Wildman–Crippen LogP) is 1.99. The van der Waals surface area contributed by atoms with Crippen molar-refractivity contribution in [2.24, 2.45) is 7.05 Å². The van der Waals surface area contributed by atoms with Gasteiger partial charge in [-0.3, -0.25) is 4.68 Å². The van der Waals surface area contributed by atoms with Crippen LogP contribution in [-0.2, 0) is 20.0 Å². The average molecular weight is 247 g/mol. The van der Waals surface area contributed by atoms with E-state index >= 15 is 0 Å². The van der Waals surface area contributed by atoms with E-state index in [1.165, 1.54) is 5.69 Å². The number of hydrogen-bond donors (Lipinski definition) is 1. The van der Waals surface area contributed by atoms with Gasteiger partial charge >= 0.3 is 0 Å². The third-order valence-electron chi connectivity index (χ3n) is 2.85. The first-order valence-corrected chi connectivity index (χ1v) is 6.33. The van der Waals surface area contributed by atoms with Gasteiger partial charge in [-0.05, 0) is 26.8 Å². The van der Waals surface area contributed by atoms with E-state index < -0.39 is 0 Å². The van der Waals surface area contributed by atoms with Crippen molar-refractivity contribution in [1.82, 2.24) is 19.3 Å². The van der Waals surface area contributed by atoms with E-state index in [1.54, 1.807) is 0 Å². The van der Waals surface area contributed by atoms with Crippen LogP contribution in [0, 0.1) is 6.92 Å². The summed E-state index contributed by atoms with van der Waals surface area (Å²) < 4.78 is 4.08. The Morgan fingerprint density at radius 1 is 1.39 bits per heavy atom. The molecule has 2 aromatic rings. The number of aryl methyl sites for hydroxylation is 4. The lowest BCUT2D eigenvalue weighted by molar-refractivity contribution is 0.636. The SMILES string of the molecule is Cc1cn(CCc2ccnn2C)c(NC(C)C)n1. The summed E-state index contributed by atoms with van der Waals surface area (Å²) in [5.74, 6) is 0.949. The van der Waals surface area contributed by atoms with E-state index in [9.17, 15) is 0 Å². The number of rotatable bonds is 5. The third-order valence-corrected chi connectivity index (χ3v) is 2.85. The quantitative estimate of drug-likeness (QED) is 0.879. The first kappa shape index (κ1) is 12.7. The van der Waals surface area contributed by atoms with Crippen LogP contribution in [0.2, 0.25) is 0 Å². The van der Waals surface area contributed by atoms with Crippen molar-refractivity contribution in [3.05, 3.63) is 29.8 Å². The van der Waals surface area contributed by atoms with Crippen LogP contribution in [0.5, 0.6) is 0 Å². The molecule has 0 aliphatic carbocycles. The molecule has 0 aliphatic rings. The highest BCUT2D eigenvalue weighted by atomic mass is 15.3. The van der Waals surface area contributed by atoms with E-state index in [-0.39, 0.29) is 0 Å². The van der Waals surface area contributed by atoms with E-state index in [0.29, 0.717) is 6.04 Å². The minimum absolute atomic E-state index is 0.391. The van der Waals surface area contributed by atoms with Crippen LogP contribution in [0.25, 0.3) is 0 Å². The molecule has 0 radical (unpaired) electrons. The number of aromatic nitrogens is 4. The summed E-state index contributed by atoms with van der Waals surface area (Å²) in [6.45, 7) is 7.17. The second-order valence-corrected chi connectivity index (χ2v) is 4.89. The van der Waals surface area contributed by atoms with Gasteiger partial charge in [0.1, 0.15) is 0 Å². The standard InChI is InChI=1S/C13H21N5/c1-10(2)15-13-16-11(3)9-18(13)8-6-12-5-7-14-17(12)4/h5,7,9-10H,6,8H2,1-4H3,(H,15,16). The molecule has 1 N–H and O–H groups in total. The van der Waals surface area contributed by atoms with Gasteiger partial charge in [0.2, 0.25) is 5.95 Å². The molecule has 5 heteroatoms. The highest BCUT2D eigenvalue weighted by molar-refractivity contribution is 5.29. The van der Waals surface area contributed by atoms with Crippen molar-refractivity contribution in [3.63, 3.8) is 0 Å². The van der Waals surface area contributed by atoms with Gasteiger partial charge in [-0.15, -0.1) is 0 Å². The van der Waals surface area contributed by atoms with Crippen LogP contribution in [0.3, 0.4) is 0 Å².